The summed E-state index contributed by atoms with van der Waals surface area (Å²) in [6.07, 6.45) is -2.13. The van der Waals surface area contributed by atoms with E-state index >= 15 is 0 Å². The van der Waals surface area contributed by atoms with Crippen molar-refractivity contribution in [3.8, 4) is 0 Å². The monoisotopic (exact) mass is 206 g/mol. The van der Waals surface area contributed by atoms with Gasteiger partial charge < -0.3 is 10.8 Å². The molecule has 0 aliphatic rings. The van der Waals surface area contributed by atoms with Gasteiger partial charge in [-0.15, -0.1) is 0 Å². The first-order valence-corrected chi connectivity index (χ1v) is 3.82. The number of alkyl halides is 3. The zero-order valence-electron chi connectivity index (χ0n) is 7.12. The highest BCUT2D eigenvalue weighted by atomic mass is 19.4. The fourth-order valence-corrected chi connectivity index (χ4v) is 1.05. The largest absolute Gasteiger partial charge is 0.407 e. The second kappa shape index (κ2) is 3.93. The Labute approximate surface area is 78.4 Å². The molecule has 1 heterocycles. The van der Waals surface area contributed by atoms with Crippen LogP contribution in [0.4, 0.5) is 13.2 Å². The maximum Gasteiger partial charge on any atom is 0.407 e. The fraction of sp³-hybridized carbons (Fsp3) is 0.375. The molecule has 1 aromatic rings. The molecule has 1 aromatic heterocycles. The van der Waals surface area contributed by atoms with Crippen LogP contribution in [0.3, 0.4) is 0 Å². The number of aliphatic hydroxyl groups excluding tert-OH is 1. The van der Waals surface area contributed by atoms with Crippen LogP contribution in [0.2, 0.25) is 0 Å². The molecule has 14 heavy (non-hydrogen) atoms. The van der Waals surface area contributed by atoms with Crippen molar-refractivity contribution >= 4 is 0 Å². The van der Waals surface area contributed by atoms with Crippen LogP contribution in [0.25, 0.3) is 0 Å². The Balaban J connectivity index is 3.06. The lowest BCUT2D eigenvalue weighted by Crippen LogP contribution is -2.29. The molecule has 1 unspecified atom stereocenters. The van der Waals surface area contributed by atoms with Gasteiger partial charge in [0, 0.05) is 18.0 Å². The summed E-state index contributed by atoms with van der Waals surface area (Å²) in [5.41, 5.74) is 4.94. The van der Waals surface area contributed by atoms with E-state index in [0.717, 1.165) is 6.07 Å². The number of nitrogens with two attached hydrogens (primary N) is 1. The van der Waals surface area contributed by atoms with Gasteiger partial charge in [-0.1, -0.05) is 0 Å². The highest BCUT2D eigenvalue weighted by Gasteiger charge is 2.38. The van der Waals surface area contributed by atoms with Crippen LogP contribution in [0.15, 0.2) is 18.5 Å². The average Bonchev–Trinajstić information content (AvgIpc) is 2.15. The molecule has 3 nitrogen and oxygen atoms in total. The molecule has 3 N–H and O–H groups in total. The van der Waals surface area contributed by atoms with Crippen molar-refractivity contribution < 1.29 is 18.3 Å². The molecule has 0 saturated heterocycles. The van der Waals surface area contributed by atoms with E-state index in [1.807, 2.05) is 0 Å². The fourth-order valence-electron chi connectivity index (χ4n) is 1.05. The van der Waals surface area contributed by atoms with Gasteiger partial charge in [0.2, 0.25) is 0 Å². The third kappa shape index (κ3) is 2.21. The minimum atomic E-state index is -4.51. The molecular weight excluding hydrogens is 197 g/mol. The van der Waals surface area contributed by atoms with E-state index in [-0.39, 0.29) is 11.1 Å². The van der Waals surface area contributed by atoms with Gasteiger partial charge in [0.1, 0.15) is 6.04 Å². The van der Waals surface area contributed by atoms with Crippen molar-refractivity contribution in [3.05, 3.63) is 29.6 Å². The van der Waals surface area contributed by atoms with Crippen LogP contribution < -0.4 is 5.73 Å². The van der Waals surface area contributed by atoms with Gasteiger partial charge in [-0.05, 0) is 11.6 Å². The zero-order valence-corrected chi connectivity index (χ0v) is 7.12. The number of hydrogen-bond donors (Lipinski definition) is 2. The lowest BCUT2D eigenvalue weighted by molar-refractivity contribution is -0.149. The summed E-state index contributed by atoms with van der Waals surface area (Å²) in [4.78, 5) is 3.60. The molecule has 0 aromatic carbocycles. The van der Waals surface area contributed by atoms with Crippen molar-refractivity contribution in [1.29, 1.82) is 0 Å². The summed E-state index contributed by atoms with van der Waals surface area (Å²) < 4.78 is 36.7. The molecule has 6 heteroatoms. The molecule has 1 rings (SSSR count). The second-order valence-corrected chi connectivity index (χ2v) is 2.75. The highest BCUT2D eigenvalue weighted by Crippen LogP contribution is 2.31. The van der Waals surface area contributed by atoms with E-state index in [4.69, 9.17) is 10.8 Å². The molecule has 0 saturated carbocycles. The molecule has 1 atom stereocenters. The smallest absolute Gasteiger partial charge is 0.392 e. The van der Waals surface area contributed by atoms with E-state index in [1.165, 1.54) is 12.4 Å². The number of pyridine rings is 1. The van der Waals surface area contributed by atoms with Crippen LogP contribution in [0.5, 0.6) is 0 Å². The van der Waals surface area contributed by atoms with Crippen molar-refractivity contribution in [2.45, 2.75) is 18.8 Å². The second-order valence-electron chi connectivity index (χ2n) is 2.75. The molecule has 0 aliphatic carbocycles. The maximum absolute atomic E-state index is 12.2. The van der Waals surface area contributed by atoms with E-state index in [0.29, 0.717) is 0 Å². The Hall–Kier alpha value is -1.14. The van der Waals surface area contributed by atoms with Gasteiger partial charge in [-0.25, -0.2) is 0 Å². The Kier molecular flexibility index (Phi) is 3.07. The van der Waals surface area contributed by atoms with Gasteiger partial charge in [0.25, 0.3) is 0 Å². The number of nitrogens with zero attached hydrogens (tertiary/aromatic N) is 1. The molecular formula is C8H9F3N2O. The maximum atomic E-state index is 12.2. The quantitative estimate of drug-likeness (QED) is 0.762. The number of rotatable bonds is 2. The first-order chi connectivity index (χ1) is 6.46. The predicted octanol–water partition coefficient (Wildman–Crippen LogP) is 1.14. The topological polar surface area (TPSA) is 59.1 Å². The lowest BCUT2D eigenvalue weighted by Gasteiger charge is -2.17. The van der Waals surface area contributed by atoms with Crippen LogP contribution >= 0.6 is 0 Å². The molecule has 0 bridgehead atoms. The van der Waals surface area contributed by atoms with Gasteiger partial charge >= 0.3 is 6.18 Å². The van der Waals surface area contributed by atoms with Crippen molar-refractivity contribution in [2.75, 3.05) is 0 Å². The summed E-state index contributed by atoms with van der Waals surface area (Å²) in [5, 5.41) is 8.77. The summed E-state index contributed by atoms with van der Waals surface area (Å²) in [6, 6.07) is -0.920. The third-order valence-corrected chi connectivity index (χ3v) is 1.80. The van der Waals surface area contributed by atoms with Crippen molar-refractivity contribution in [1.82, 2.24) is 4.98 Å². The van der Waals surface area contributed by atoms with Gasteiger partial charge in [-0.3, -0.25) is 4.98 Å². The Morgan fingerprint density at radius 2 is 2.14 bits per heavy atom. The average molecular weight is 206 g/mol. The van der Waals surface area contributed by atoms with E-state index in [9.17, 15) is 13.2 Å². The van der Waals surface area contributed by atoms with Gasteiger partial charge in [0.05, 0.1) is 6.61 Å². The van der Waals surface area contributed by atoms with Crippen LogP contribution in [-0.4, -0.2) is 16.3 Å². The van der Waals surface area contributed by atoms with E-state index in [1.54, 1.807) is 0 Å². The predicted molar refractivity (Wildman–Crippen MR) is 43.1 cm³/mol. The summed E-state index contributed by atoms with van der Waals surface area (Å²) in [5.74, 6) is 0. The zero-order chi connectivity index (χ0) is 10.8. The Bertz CT molecular complexity index is 314. The van der Waals surface area contributed by atoms with Crippen molar-refractivity contribution in [2.24, 2.45) is 5.73 Å². The first kappa shape index (κ1) is 10.9. The third-order valence-electron chi connectivity index (χ3n) is 1.80. The number of aromatic nitrogens is 1. The number of aliphatic hydroxyl groups is 1. The summed E-state index contributed by atoms with van der Waals surface area (Å²) >= 11 is 0. The molecule has 0 fully saturated rings. The normalized spacial score (nSPS) is 14.1. The summed E-state index contributed by atoms with van der Waals surface area (Å²) in [7, 11) is 0. The minimum absolute atomic E-state index is 0.0947. The van der Waals surface area contributed by atoms with Crippen LogP contribution in [-0.2, 0) is 6.61 Å². The minimum Gasteiger partial charge on any atom is -0.392 e. The molecule has 0 amide bonds. The lowest BCUT2D eigenvalue weighted by atomic mass is 10.0. The highest BCUT2D eigenvalue weighted by molar-refractivity contribution is 5.26. The Morgan fingerprint density at radius 3 is 2.64 bits per heavy atom. The summed E-state index contributed by atoms with van der Waals surface area (Å²) in [6.45, 7) is -0.507. The molecule has 0 spiro atoms. The molecule has 0 radical (unpaired) electrons. The number of hydrogen-bond acceptors (Lipinski definition) is 3. The van der Waals surface area contributed by atoms with Crippen LogP contribution in [0, 0.1) is 0 Å². The molecule has 78 valence electrons. The van der Waals surface area contributed by atoms with Gasteiger partial charge in [0.15, 0.2) is 0 Å². The molecule has 0 aliphatic heterocycles. The first-order valence-electron chi connectivity index (χ1n) is 3.82. The van der Waals surface area contributed by atoms with Gasteiger partial charge in [-0.2, -0.15) is 13.2 Å². The van der Waals surface area contributed by atoms with E-state index < -0.39 is 18.8 Å². The van der Waals surface area contributed by atoms with Crippen LogP contribution in [0.1, 0.15) is 17.2 Å². The number of halogens is 3. The standard InChI is InChI=1S/C8H9F3N2O/c9-8(10,11)7(12)6-1-2-13-3-5(6)4-14/h1-3,7,14H,4,12H2. The van der Waals surface area contributed by atoms with Crippen molar-refractivity contribution in [3.63, 3.8) is 0 Å². The SMILES string of the molecule is NC(c1ccncc1CO)C(F)(F)F. The van der Waals surface area contributed by atoms with E-state index in [2.05, 4.69) is 4.98 Å². The Morgan fingerprint density at radius 1 is 1.50 bits per heavy atom.